The largest absolute Gasteiger partial charge is 0.309 e. The molecule has 0 radical (unpaired) electrons. The number of rotatable bonds is 5. The molecule has 0 aromatic heterocycles. The van der Waals surface area contributed by atoms with Gasteiger partial charge in [0.1, 0.15) is 0 Å². The minimum absolute atomic E-state index is 0.164. The van der Waals surface area contributed by atoms with Crippen LogP contribution in [-0.2, 0) is 10.8 Å². The first-order valence-corrected chi connectivity index (χ1v) is 8.76. The van der Waals surface area contributed by atoms with E-state index in [2.05, 4.69) is 87.4 Å². The fourth-order valence-corrected chi connectivity index (χ4v) is 4.51. The Hall–Kier alpha value is -1.60. The van der Waals surface area contributed by atoms with E-state index in [1.165, 1.54) is 30.4 Å². The SMILES string of the molecule is CN(C)CCCC1(c2ccccc2)CC(C)(C)c2ccccc21. The van der Waals surface area contributed by atoms with E-state index in [9.17, 15) is 0 Å². The second-order valence-corrected chi connectivity index (χ2v) is 7.96. The lowest BCUT2D eigenvalue weighted by atomic mass is 9.70. The summed E-state index contributed by atoms with van der Waals surface area (Å²) in [5.41, 5.74) is 4.97. The van der Waals surface area contributed by atoms with E-state index >= 15 is 0 Å². The molecule has 0 saturated heterocycles. The highest BCUT2D eigenvalue weighted by Gasteiger charge is 2.47. The van der Waals surface area contributed by atoms with Crippen LogP contribution in [0.15, 0.2) is 54.6 Å². The second-order valence-electron chi connectivity index (χ2n) is 7.96. The predicted molar refractivity (Wildman–Crippen MR) is 99.1 cm³/mol. The van der Waals surface area contributed by atoms with Crippen LogP contribution in [-0.4, -0.2) is 25.5 Å². The Labute approximate surface area is 141 Å². The molecule has 1 aliphatic rings. The third-order valence-corrected chi connectivity index (χ3v) is 5.45. The van der Waals surface area contributed by atoms with Crippen molar-refractivity contribution in [3.8, 4) is 0 Å². The Bertz CT molecular complexity index is 657. The topological polar surface area (TPSA) is 3.24 Å². The molecule has 0 fully saturated rings. The molecule has 23 heavy (non-hydrogen) atoms. The highest BCUT2D eigenvalue weighted by atomic mass is 15.0. The Morgan fingerprint density at radius 3 is 2.13 bits per heavy atom. The average molecular weight is 307 g/mol. The van der Waals surface area contributed by atoms with E-state index in [0.717, 1.165) is 6.54 Å². The van der Waals surface area contributed by atoms with Gasteiger partial charge in [-0.05, 0) is 62.0 Å². The van der Waals surface area contributed by atoms with Gasteiger partial charge in [0, 0.05) is 5.41 Å². The van der Waals surface area contributed by atoms with Crippen LogP contribution in [0.4, 0.5) is 0 Å². The van der Waals surface area contributed by atoms with Crippen LogP contribution in [0, 0.1) is 0 Å². The number of hydrogen-bond donors (Lipinski definition) is 0. The van der Waals surface area contributed by atoms with Gasteiger partial charge in [-0.15, -0.1) is 0 Å². The van der Waals surface area contributed by atoms with E-state index in [-0.39, 0.29) is 10.8 Å². The molecule has 0 heterocycles. The summed E-state index contributed by atoms with van der Waals surface area (Å²) in [4.78, 5) is 2.30. The van der Waals surface area contributed by atoms with Gasteiger partial charge in [-0.2, -0.15) is 0 Å². The highest BCUT2D eigenvalue weighted by molar-refractivity contribution is 5.52. The third kappa shape index (κ3) is 2.95. The molecule has 0 N–H and O–H groups in total. The molecule has 0 saturated carbocycles. The van der Waals surface area contributed by atoms with Crippen molar-refractivity contribution in [2.24, 2.45) is 0 Å². The lowest BCUT2D eigenvalue weighted by Crippen LogP contribution is -2.28. The Morgan fingerprint density at radius 2 is 1.48 bits per heavy atom. The van der Waals surface area contributed by atoms with Crippen molar-refractivity contribution in [1.29, 1.82) is 0 Å². The molecule has 1 unspecified atom stereocenters. The molecule has 0 bridgehead atoms. The first-order chi connectivity index (χ1) is 11.0. The summed E-state index contributed by atoms with van der Waals surface area (Å²) in [6.07, 6.45) is 3.65. The third-order valence-electron chi connectivity index (χ3n) is 5.45. The van der Waals surface area contributed by atoms with Crippen molar-refractivity contribution in [3.05, 3.63) is 71.3 Å². The van der Waals surface area contributed by atoms with Gasteiger partial charge >= 0.3 is 0 Å². The average Bonchev–Trinajstić information content (AvgIpc) is 2.77. The molecular formula is C22H29N. The molecule has 0 amide bonds. The van der Waals surface area contributed by atoms with Gasteiger partial charge in [0.15, 0.2) is 0 Å². The Balaban J connectivity index is 2.07. The number of benzene rings is 2. The summed E-state index contributed by atoms with van der Waals surface area (Å²) < 4.78 is 0. The second kappa shape index (κ2) is 6.13. The summed E-state index contributed by atoms with van der Waals surface area (Å²) in [5.74, 6) is 0. The molecule has 1 nitrogen and oxygen atoms in total. The Kier molecular flexibility index (Phi) is 4.33. The van der Waals surface area contributed by atoms with Crippen molar-refractivity contribution < 1.29 is 0 Å². The standard InChI is InChI=1S/C22H29N/c1-21(2)17-22(15-10-16-23(3)4,18-11-6-5-7-12-18)20-14-9-8-13-19(20)21/h5-9,11-14H,10,15-17H2,1-4H3. The molecule has 0 aliphatic heterocycles. The molecule has 0 spiro atoms. The predicted octanol–water partition coefficient (Wildman–Crippen LogP) is 5.00. The number of fused-ring (bicyclic) bond motifs is 1. The highest BCUT2D eigenvalue weighted by Crippen LogP contribution is 2.54. The minimum Gasteiger partial charge on any atom is -0.309 e. The molecule has 1 heteroatoms. The van der Waals surface area contributed by atoms with Gasteiger partial charge in [-0.3, -0.25) is 0 Å². The maximum absolute atomic E-state index is 2.41. The maximum atomic E-state index is 2.41. The fourth-order valence-electron chi connectivity index (χ4n) is 4.51. The van der Waals surface area contributed by atoms with Crippen LogP contribution in [0.3, 0.4) is 0 Å². The summed E-state index contributed by atoms with van der Waals surface area (Å²) >= 11 is 0. The van der Waals surface area contributed by atoms with Crippen molar-refractivity contribution in [2.75, 3.05) is 20.6 Å². The monoisotopic (exact) mass is 307 g/mol. The normalized spacial score (nSPS) is 22.3. The van der Waals surface area contributed by atoms with Gasteiger partial charge in [-0.25, -0.2) is 0 Å². The first-order valence-electron chi connectivity index (χ1n) is 8.76. The van der Waals surface area contributed by atoms with E-state index < -0.39 is 0 Å². The first kappa shape index (κ1) is 16.3. The molecule has 2 aromatic rings. The van der Waals surface area contributed by atoms with Crippen molar-refractivity contribution >= 4 is 0 Å². The lowest BCUT2D eigenvalue weighted by molar-refractivity contribution is 0.334. The van der Waals surface area contributed by atoms with Crippen LogP contribution in [0.5, 0.6) is 0 Å². The van der Waals surface area contributed by atoms with Crippen molar-refractivity contribution in [2.45, 2.75) is 43.9 Å². The molecule has 2 aromatic carbocycles. The smallest absolute Gasteiger partial charge is 0.0214 e. The maximum Gasteiger partial charge on any atom is 0.0214 e. The summed E-state index contributed by atoms with van der Waals surface area (Å²) in [7, 11) is 4.34. The number of nitrogens with zero attached hydrogens (tertiary/aromatic N) is 1. The van der Waals surface area contributed by atoms with E-state index in [1.54, 1.807) is 5.56 Å². The molecule has 3 rings (SSSR count). The van der Waals surface area contributed by atoms with E-state index in [1.807, 2.05) is 0 Å². The molecule has 1 atom stereocenters. The quantitative estimate of drug-likeness (QED) is 0.751. The van der Waals surface area contributed by atoms with Crippen LogP contribution in [0.2, 0.25) is 0 Å². The lowest BCUT2D eigenvalue weighted by Gasteiger charge is -2.33. The van der Waals surface area contributed by atoms with E-state index in [4.69, 9.17) is 0 Å². The number of hydrogen-bond acceptors (Lipinski definition) is 1. The van der Waals surface area contributed by atoms with Crippen LogP contribution >= 0.6 is 0 Å². The summed E-state index contributed by atoms with van der Waals surface area (Å²) in [5, 5.41) is 0. The van der Waals surface area contributed by atoms with Gasteiger partial charge in [0.25, 0.3) is 0 Å². The zero-order chi connectivity index (χ0) is 16.5. The van der Waals surface area contributed by atoms with Gasteiger partial charge < -0.3 is 4.90 Å². The van der Waals surface area contributed by atoms with Crippen molar-refractivity contribution in [3.63, 3.8) is 0 Å². The van der Waals surface area contributed by atoms with Gasteiger partial charge in [0.05, 0.1) is 0 Å². The zero-order valence-electron chi connectivity index (χ0n) is 15.0. The Morgan fingerprint density at radius 1 is 0.870 bits per heavy atom. The van der Waals surface area contributed by atoms with Crippen LogP contribution in [0.1, 0.15) is 49.8 Å². The van der Waals surface area contributed by atoms with Crippen LogP contribution < -0.4 is 0 Å². The molecular weight excluding hydrogens is 278 g/mol. The zero-order valence-corrected chi connectivity index (χ0v) is 15.0. The molecule has 1 aliphatic carbocycles. The van der Waals surface area contributed by atoms with E-state index in [0.29, 0.717) is 0 Å². The van der Waals surface area contributed by atoms with Gasteiger partial charge in [0.2, 0.25) is 0 Å². The van der Waals surface area contributed by atoms with Crippen molar-refractivity contribution in [1.82, 2.24) is 4.90 Å². The summed E-state index contributed by atoms with van der Waals surface area (Å²) in [6, 6.07) is 20.3. The minimum atomic E-state index is 0.164. The van der Waals surface area contributed by atoms with Gasteiger partial charge in [-0.1, -0.05) is 68.4 Å². The van der Waals surface area contributed by atoms with Crippen LogP contribution in [0.25, 0.3) is 0 Å². The molecule has 122 valence electrons. The fraction of sp³-hybridized carbons (Fsp3) is 0.455. The summed E-state index contributed by atoms with van der Waals surface area (Å²) in [6.45, 7) is 5.96.